The highest BCUT2D eigenvalue weighted by atomic mass is 79.9. The van der Waals surface area contributed by atoms with Crippen molar-refractivity contribution in [2.75, 3.05) is 0 Å². The van der Waals surface area contributed by atoms with E-state index in [1.807, 2.05) is 27.7 Å². The van der Waals surface area contributed by atoms with Crippen molar-refractivity contribution in [2.45, 2.75) is 33.1 Å². The van der Waals surface area contributed by atoms with E-state index in [2.05, 4.69) is 15.9 Å². The predicted octanol–water partition coefficient (Wildman–Crippen LogP) is 4.11. The van der Waals surface area contributed by atoms with E-state index in [9.17, 15) is 4.79 Å². The average Bonchev–Trinajstić information content (AvgIpc) is 2.08. The van der Waals surface area contributed by atoms with Gasteiger partial charge in [0.05, 0.1) is 0 Å². The third kappa shape index (κ3) is 2.76. The van der Waals surface area contributed by atoms with Crippen molar-refractivity contribution in [3.8, 4) is 5.75 Å². The van der Waals surface area contributed by atoms with Gasteiger partial charge in [-0.3, -0.25) is 0 Å². The topological polar surface area (TPSA) is 46.5 Å². The molecule has 0 amide bonds. The summed E-state index contributed by atoms with van der Waals surface area (Å²) in [4.78, 5) is 10.6. The maximum atomic E-state index is 10.6. The van der Waals surface area contributed by atoms with Crippen molar-refractivity contribution >= 4 is 22.1 Å². The third-order valence-corrected chi connectivity index (χ3v) is 3.17. The molecule has 0 fully saturated rings. The molecule has 1 aromatic rings. The summed E-state index contributed by atoms with van der Waals surface area (Å²) >= 11 is 3.44. The number of hydrogen-bond acceptors (Lipinski definition) is 2. The molecular weight excluding hydrogens is 272 g/mol. The van der Waals surface area contributed by atoms with Gasteiger partial charge in [0.2, 0.25) is 0 Å². The van der Waals surface area contributed by atoms with Gasteiger partial charge in [-0.25, -0.2) is 4.79 Å². The Balaban J connectivity index is 3.39. The summed E-state index contributed by atoms with van der Waals surface area (Å²) in [5.41, 5.74) is 1.74. The first-order valence-corrected chi connectivity index (χ1v) is 5.73. The second-order valence-corrected chi connectivity index (χ2v) is 5.52. The van der Waals surface area contributed by atoms with Crippen LogP contribution in [-0.2, 0) is 5.41 Å². The Hall–Kier alpha value is -1.03. The molecule has 0 saturated heterocycles. The minimum atomic E-state index is -1.28. The zero-order chi connectivity index (χ0) is 12.5. The molecule has 0 radical (unpaired) electrons. The van der Waals surface area contributed by atoms with Crippen LogP contribution in [0.3, 0.4) is 0 Å². The fourth-order valence-corrected chi connectivity index (χ4v) is 2.10. The highest BCUT2D eigenvalue weighted by Crippen LogP contribution is 2.37. The monoisotopic (exact) mass is 286 g/mol. The van der Waals surface area contributed by atoms with Crippen molar-refractivity contribution in [2.24, 2.45) is 0 Å². The van der Waals surface area contributed by atoms with Gasteiger partial charge >= 0.3 is 6.16 Å². The number of rotatable bonds is 1. The summed E-state index contributed by atoms with van der Waals surface area (Å²) < 4.78 is 5.76. The molecule has 4 heteroatoms. The van der Waals surface area contributed by atoms with E-state index in [0.29, 0.717) is 5.75 Å². The lowest BCUT2D eigenvalue weighted by Gasteiger charge is -2.24. The Bertz CT molecular complexity index is 419. The number of halogens is 1. The lowest BCUT2D eigenvalue weighted by molar-refractivity contribution is 0.143. The maximum absolute atomic E-state index is 10.6. The van der Waals surface area contributed by atoms with Crippen molar-refractivity contribution in [1.29, 1.82) is 0 Å². The first-order valence-electron chi connectivity index (χ1n) is 4.94. The lowest BCUT2D eigenvalue weighted by Crippen LogP contribution is -2.17. The summed E-state index contributed by atoms with van der Waals surface area (Å²) in [5, 5.41) is 8.68. The smallest absolute Gasteiger partial charge is 0.449 e. The van der Waals surface area contributed by atoms with Gasteiger partial charge in [-0.15, -0.1) is 0 Å². The number of carboxylic acid groups (broad SMARTS) is 1. The summed E-state index contributed by atoms with van der Waals surface area (Å²) in [6.45, 7) is 8.02. The second kappa shape index (κ2) is 4.45. The summed E-state index contributed by atoms with van der Waals surface area (Å²) in [6, 6.07) is 3.47. The van der Waals surface area contributed by atoms with Crippen molar-refractivity contribution < 1.29 is 14.6 Å². The fraction of sp³-hybridized carbons (Fsp3) is 0.417. The number of ether oxygens (including phenoxy) is 1. The van der Waals surface area contributed by atoms with Crippen LogP contribution in [0.4, 0.5) is 4.79 Å². The van der Waals surface area contributed by atoms with Crippen LogP contribution >= 0.6 is 15.9 Å². The van der Waals surface area contributed by atoms with E-state index in [1.165, 1.54) is 0 Å². The molecule has 0 atom stereocenters. The maximum Gasteiger partial charge on any atom is 0.511 e. The van der Waals surface area contributed by atoms with Crippen molar-refractivity contribution in [3.05, 3.63) is 27.7 Å². The van der Waals surface area contributed by atoms with Gasteiger partial charge in [0.15, 0.2) is 0 Å². The minimum Gasteiger partial charge on any atom is -0.449 e. The van der Waals surface area contributed by atoms with Crippen LogP contribution in [0.25, 0.3) is 0 Å². The molecule has 0 saturated carbocycles. The molecule has 0 aromatic heterocycles. The van der Waals surface area contributed by atoms with Crippen molar-refractivity contribution in [1.82, 2.24) is 0 Å². The van der Waals surface area contributed by atoms with E-state index in [-0.39, 0.29) is 5.41 Å². The van der Waals surface area contributed by atoms with Crippen LogP contribution < -0.4 is 4.74 Å². The zero-order valence-corrected chi connectivity index (χ0v) is 11.4. The van der Waals surface area contributed by atoms with Crippen LogP contribution in [0.1, 0.15) is 31.9 Å². The van der Waals surface area contributed by atoms with Crippen LogP contribution in [0.2, 0.25) is 0 Å². The van der Waals surface area contributed by atoms with E-state index in [1.54, 1.807) is 12.1 Å². The van der Waals surface area contributed by atoms with Gasteiger partial charge < -0.3 is 9.84 Å². The summed E-state index contributed by atoms with van der Waals surface area (Å²) in [7, 11) is 0. The van der Waals surface area contributed by atoms with Gasteiger partial charge in [0.1, 0.15) is 5.75 Å². The predicted molar refractivity (Wildman–Crippen MR) is 66.2 cm³/mol. The molecular formula is C12H15BrO3. The second-order valence-electron chi connectivity index (χ2n) is 4.66. The van der Waals surface area contributed by atoms with Gasteiger partial charge in [0, 0.05) is 10.0 Å². The van der Waals surface area contributed by atoms with E-state index in [4.69, 9.17) is 9.84 Å². The Morgan fingerprint density at radius 3 is 2.38 bits per heavy atom. The summed E-state index contributed by atoms with van der Waals surface area (Å²) in [5.74, 6) is 0.403. The molecule has 0 aliphatic heterocycles. The minimum absolute atomic E-state index is 0.168. The molecule has 0 unspecified atom stereocenters. The third-order valence-electron chi connectivity index (χ3n) is 2.31. The number of carbonyl (C=O) groups is 1. The zero-order valence-electron chi connectivity index (χ0n) is 9.80. The quantitative estimate of drug-likeness (QED) is 0.624. The van der Waals surface area contributed by atoms with Crippen LogP contribution in [-0.4, -0.2) is 11.3 Å². The molecule has 0 aliphatic rings. The highest BCUT2D eigenvalue weighted by molar-refractivity contribution is 9.10. The van der Waals surface area contributed by atoms with Crippen LogP contribution in [0, 0.1) is 6.92 Å². The molecule has 1 aromatic carbocycles. The van der Waals surface area contributed by atoms with Gasteiger partial charge in [-0.1, -0.05) is 36.7 Å². The van der Waals surface area contributed by atoms with Gasteiger partial charge in [-0.2, -0.15) is 0 Å². The molecule has 0 bridgehead atoms. The molecule has 3 nitrogen and oxygen atoms in total. The van der Waals surface area contributed by atoms with E-state index >= 15 is 0 Å². The molecule has 1 rings (SSSR count). The normalized spacial score (nSPS) is 11.3. The largest absolute Gasteiger partial charge is 0.511 e. The average molecular weight is 287 g/mol. The SMILES string of the molecule is Cc1c(Br)ccc(OC(=O)O)c1C(C)(C)C. The molecule has 16 heavy (non-hydrogen) atoms. The Morgan fingerprint density at radius 1 is 1.38 bits per heavy atom. The van der Waals surface area contributed by atoms with E-state index in [0.717, 1.165) is 15.6 Å². The Labute approximate surface area is 104 Å². The molecule has 0 heterocycles. The first-order chi connectivity index (χ1) is 7.23. The molecule has 1 N–H and O–H groups in total. The van der Waals surface area contributed by atoms with Crippen LogP contribution in [0.5, 0.6) is 5.75 Å². The lowest BCUT2D eigenvalue weighted by atomic mass is 9.83. The summed E-state index contributed by atoms with van der Waals surface area (Å²) in [6.07, 6.45) is -1.28. The van der Waals surface area contributed by atoms with Gasteiger partial charge in [0.25, 0.3) is 0 Å². The molecule has 0 spiro atoms. The van der Waals surface area contributed by atoms with E-state index < -0.39 is 6.16 Å². The highest BCUT2D eigenvalue weighted by Gasteiger charge is 2.23. The number of hydrogen-bond donors (Lipinski definition) is 1. The fourth-order valence-electron chi connectivity index (χ4n) is 1.77. The van der Waals surface area contributed by atoms with Gasteiger partial charge in [-0.05, 0) is 30.0 Å². The Kier molecular flexibility index (Phi) is 3.63. The van der Waals surface area contributed by atoms with Crippen molar-refractivity contribution in [3.63, 3.8) is 0 Å². The van der Waals surface area contributed by atoms with Crippen LogP contribution in [0.15, 0.2) is 16.6 Å². The Morgan fingerprint density at radius 2 is 1.94 bits per heavy atom. The standard InChI is InChI=1S/C12H15BrO3/c1-7-8(13)5-6-9(16-11(14)15)10(7)12(2,3)4/h5-6H,1-4H3,(H,14,15). The first kappa shape index (κ1) is 13.0. The molecule has 88 valence electrons. The molecule has 0 aliphatic carbocycles. The number of benzene rings is 1.